The van der Waals surface area contributed by atoms with E-state index in [4.69, 9.17) is 16.3 Å². The van der Waals surface area contributed by atoms with Crippen LogP contribution in [-0.2, 0) is 4.79 Å². The average Bonchev–Trinajstić information content (AvgIpc) is 2.66. The van der Waals surface area contributed by atoms with Gasteiger partial charge in [0.15, 0.2) is 0 Å². The molecule has 10 heteroatoms. The molecule has 6 nitrogen and oxygen atoms in total. The van der Waals surface area contributed by atoms with Crippen molar-refractivity contribution in [3.05, 3.63) is 58.4 Å². The van der Waals surface area contributed by atoms with Crippen LogP contribution in [0.1, 0.15) is 17.9 Å². The molecular formula is C19H17ClF3N3O3. The zero-order valence-corrected chi connectivity index (χ0v) is 15.9. The average molecular weight is 428 g/mol. The maximum absolute atomic E-state index is 14.5. The van der Waals surface area contributed by atoms with Crippen LogP contribution in [0, 0.1) is 17.5 Å². The van der Waals surface area contributed by atoms with Gasteiger partial charge in [-0.1, -0.05) is 11.6 Å². The fourth-order valence-electron chi connectivity index (χ4n) is 3.18. The number of anilines is 1. The van der Waals surface area contributed by atoms with Gasteiger partial charge in [-0.3, -0.25) is 4.79 Å². The number of ether oxygens (including phenoxy) is 1. The molecule has 0 aliphatic carbocycles. The van der Waals surface area contributed by atoms with Crippen molar-refractivity contribution in [2.24, 2.45) is 0 Å². The van der Waals surface area contributed by atoms with Crippen LogP contribution in [0.4, 0.5) is 23.7 Å². The lowest BCUT2D eigenvalue weighted by atomic mass is 9.85. The molecule has 0 aromatic heterocycles. The molecule has 2 aromatic rings. The Kier molecular flexibility index (Phi) is 6.17. The molecular weight excluding hydrogens is 411 g/mol. The third-order valence-corrected chi connectivity index (χ3v) is 4.87. The molecule has 1 heterocycles. The Morgan fingerprint density at radius 2 is 1.86 bits per heavy atom. The van der Waals surface area contributed by atoms with Gasteiger partial charge in [-0.15, -0.1) is 0 Å². The van der Waals surface area contributed by atoms with Crippen molar-refractivity contribution in [2.75, 3.05) is 19.0 Å². The lowest BCUT2D eigenvalue weighted by molar-refractivity contribution is -0.123. The monoisotopic (exact) mass is 427 g/mol. The molecule has 29 heavy (non-hydrogen) atoms. The van der Waals surface area contributed by atoms with Crippen LogP contribution in [0.5, 0.6) is 5.75 Å². The van der Waals surface area contributed by atoms with Gasteiger partial charge in [0.2, 0.25) is 5.91 Å². The van der Waals surface area contributed by atoms with Crippen molar-refractivity contribution in [3.8, 4) is 5.75 Å². The van der Waals surface area contributed by atoms with Gasteiger partial charge >= 0.3 is 6.03 Å². The number of carbonyl (C=O) groups is 2. The van der Waals surface area contributed by atoms with E-state index in [1.54, 1.807) is 0 Å². The summed E-state index contributed by atoms with van der Waals surface area (Å²) in [7, 11) is 1.27. The maximum atomic E-state index is 14.5. The molecule has 1 fully saturated rings. The summed E-state index contributed by atoms with van der Waals surface area (Å²) >= 11 is 5.60. The molecule has 0 bridgehead atoms. The Morgan fingerprint density at radius 1 is 1.17 bits per heavy atom. The second-order valence-corrected chi connectivity index (χ2v) is 6.86. The summed E-state index contributed by atoms with van der Waals surface area (Å²) in [5, 5.41) is 7.44. The molecule has 1 aliphatic rings. The van der Waals surface area contributed by atoms with E-state index in [1.807, 2.05) is 0 Å². The molecule has 2 atom stereocenters. The standard InChI is InChI=1S/C19H17ClF3N3O3/c1-29-10-5-14(22)18(15(23)6-10)11-7-17(27)24-8-16(11)26-19(28)25-9-2-3-12(20)13(21)4-9/h2-6,11,16H,7-8H2,1H3,(H,24,27)(H2,25,26,28). The van der Waals surface area contributed by atoms with E-state index < -0.39 is 41.3 Å². The van der Waals surface area contributed by atoms with Gasteiger partial charge < -0.3 is 20.7 Å². The smallest absolute Gasteiger partial charge is 0.319 e. The highest BCUT2D eigenvalue weighted by atomic mass is 35.5. The third kappa shape index (κ3) is 4.73. The van der Waals surface area contributed by atoms with Crippen molar-refractivity contribution < 1.29 is 27.5 Å². The van der Waals surface area contributed by atoms with Crippen LogP contribution in [0.2, 0.25) is 5.02 Å². The lowest BCUT2D eigenvalue weighted by Gasteiger charge is -2.33. The number of urea groups is 1. The first kappa shape index (κ1) is 20.8. The topological polar surface area (TPSA) is 79.5 Å². The van der Waals surface area contributed by atoms with E-state index in [9.17, 15) is 22.8 Å². The van der Waals surface area contributed by atoms with Crippen LogP contribution in [0.15, 0.2) is 30.3 Å². The highest BCUT2D eigenvalue weighted by Crippen LogP contribution is 2.33. The minimum atomic E-state index is -0.942. The molecule has 3 amide bonds. The predicted octanol–water partition coefficient (Wildman–Crippen LogP) is 3.56. The van der Waals surface area contributed by atoms with Gasteiger partial charge in [0.25, 0.3) is 0 Å². The molecule has 0 saturated carbocycles. The molecule has 3 rings (SSSR count). The highest BCUT2D eigenvalue weighted by molar-refractivity contribution is 6.30. The molecule has 2 aromatic carbocycles. The maximum Gasteiger partial charge on any atom is 0.319 e. The first-order chi connectivity index (χ1) is 13.8. The lowest BCUT2D eigenvalue weighted by Crippen LogP contribution is -2.53. The number of carbonyl (C=O) groups excluding carboxylic acids is 2. The van der Waals surface area contributed by atoms with Crippen LogP contribution in [0.25, 0.3) is 0 Å². The minimum absolute atomic E-state index is 0.00368. The van der Waals surface area contributed by atoms with Gasteiger partial charge in [0.05, 0.1) is 18.2 Å². The second-order valence-electron chi connectivity index (χ2n) is 6.45. The summed E-state index contributed by atoms with van der Waals surface area (Å²) in [5.74, 6) is -3.82. The van der Waals surface area contributed by atoms with Crippen molar-refractivity contribution in [3.63, 3.8) is 0 Å². The van der Waals surface area contributed by atoms with Crippen LogP contribution >= 0.6 is 11.6 Å². The van der Waals surface area contributed by atoms with Crippen LogP contribution < -0.4 is 20.7 Å². The number of hydrogen-bond donors (Lipinski definition) is 3. The molecule has 3 N–H and O–H groups in total. The normalized spacial score (nSPS) is 18.7. The molecule has 0 radical (unpaired) electrons. The van der Waals surface area contributed by atoms with E-state index in [0.29, 0.717) is 0 Å². The largest absolute Gasteiger partial charge is 0.497 e. The van der Waals surface area contributed by atoms with E-state index in [2.05, 4.69) is 16.0 Å². The first-order valence-corrected chi connectivity index (χ1v) is 8.98. The molecule has 2 unspecified atom stereocenters. The Hall–Kier alpha value is -2.94. The van der Waals surface area contributed by atoms with E-state index in [1.165, 1.54) is 19.2 Å². The summed E-state index contributed by atoms with van der Waals surface area (Å²) in [6.07, 6.45) is -0.222. The molecule has 1 saturated heterocycles. The number of hydrogen-bond acceptors (Lipinski definition) is 3. The third-order valence-electron chi connectivity index (χ3n) is 4.56. The number of benzene rings is 2. The van der Waals surface area contributed by atoms with Crippen molar-refractivity contribution in [1.29, 1.82) is 0 Å². The SMILES string of the molecule is COc1cc(F)c(C2CC(=O)NCC2NC(=O)Nc2ccc(Cl)c(F)c2)c(F)c1. The Morgan fingerprint density at radius 3 is 2.48 bits per heavy atom. The van der Waals surface area contributed by atoms with E-state index >= 15 is 0 Å². The zero-order valence-electron chi connectivity index (χ0n) is 15.2. The zero-order chi connectivity index (χ0) is 21.1. The quantitative estimate of drug-likeness (QED) is 0.698. The van der Waals surface area contributed by atoms with Crippen LogP contribution in [-0.4, -0.2) is 31.6 Å². The number of methoxy groups -OCH3 is 1. The second kappa shape index (κ2) is 8.60. The molecule has 1 aliphatic heterocycles. The van der Waals surface area contributed by atoms with E-state index in [0.717, 1.165) is 18.2 Å². The van der Waals surface area contributed by atoms with Gasteiger partial charge in [-0.05, 0) is 18.2 Å². The first-order valence-electron chi connectivity index (χ1n) is 8.60. The highest BCUT2D eigenvalue weighted by Gasteiger charge is 2.35. The van der Waals surface area contributed by atoms with Gasteiger partial charge in [-0.2, -0.15) is 0 Å². The van der Waals surface area contributed by atoms with Crippen molar-refractivity contribution >= 4 is 29.2 Å². The summed E-state index contributed by atoms with van der Waals surface area (Å²) in [6, 6.07) is 4.20. The Labute approximate surface area is 169 Å². The Balaban J connectivity index is 1.80. The van der Waals surface area contributed by atoms with Crippen molar-refractivity contribution in [2.45, 2.75) is 18.4 Å². The van der Waals surface area contributed by atoms with Gasteiger partial charge in [-0.25, -0.2) is 18.0 Å². The number of nitrogens with one attached hydrogen (secondary N) is 3. The van der Waals surface area contributed by atoms with Gasteiger partial charge in [0, 0.05) is 42.3 Å². The van der Waals surface area contributed by atoms with Crippen molar-refractivity contribution in [1.82, 2.24) is 10.6 Å². The Bertz CT molecular complexity index is 935. The predicted molar refractivity (Wildman–Crippen MR) is 101 cm³/mol. The molecule has 0 spiro atoms. The number of halogens is 4. The van der Waals surface area contributed by atoms with E-state index in [-0.39, 0.29) is 35.0 Å². The van der Waals surface area contributed by atoms with Crippen LogP contribution in [0.3, 0.4) is 0 Å². The number of piperidine rings is 1. The van der Waals surface area contributed by atoms with Gasteiger partial charge in [0.1, 0.15) is 23.2 Å². The summed E-state index contributed by atoms with van der Waals surface area (Å²) in [5.41, 5.74) is -0.175. The fourth-order valence-corrected chi connectivity index (χ4v) is 3.30. The summed E-state index contributed by atoms with van der Waals surface area (Å²) < 4.78 is 47.4. The fraction of sp³-hybridized carbons (Fsp3) is 0.263. The number of rotatable bonds is 4. The molecule has 154 valence electrons. The number of amides is 3. The summed E-state index contributed by atoms with van der Waals surface area (Å²) in [6.45, 7) is -0.0309. The summed E-state index contributed by atoms with van der Waals surface area (Å²) in [4.78, 5) is 24.1. The minimum Gasteiger partial charge on any atom is -0.497 e.